The molecule has 4 rings (SSSR count). The zero-order valence-electron chi connectivity index (χ0n) is 18.5. The molecule has 1 saturated heterocycles. The number of nitrogens with zero attached hydrogens (tertiary/aromatic N) is 3. The number of hydrogen-bond donors (Lipinski definition) is 2. The van der Waals surface area contributed by atoms with Crippen molar-refractivity contribution < 1.29 is 9.59 Å². The van der Waals surface area contributed by atoms with Crippen molar-refractivity contribution in [2.45, 2.75) is 33.2 Å². The molecule has 1 atom stereocenters. The largest absolute Gasteiger partial charge is 0.369 e. The van der Waals surface area contributed by atoms with Crippen LogP contribution in [-0.4, -0.2) is 39.4 Å². The second-order valence-electron chi connectivity index (χ2n) is 8.40. The number of hydrogen-bond acceptors (Lipinski definition) is 4. The number of primary amides is 1. The lowest BCUT2D eigenvalue weighted by Crippen LogP contribution is -2.40. The van der Waals surface area contributed by atoms with Gasteiger partial charge in [-0.3, -0.25) is 14.5 Å². The van der Waals surface area contributed by atoms with E-state index in [1.165, 1.54) is 0 Å². The first-order valence-corrected chi connectivity index (χ1v) is 11.0. The normalized spacial score (nSPS) is 16.6. The van der Waals surface area contributed by atoms with Gasteiger partial charge in [-0.05, 0) is 63.1 Å². The lowest BCUT2D eigenvalue weighted by atomic mass is 9.97. The van der Waals surface area contributed by atoms with E-state index >= 15 is 0 Å². The fraction of sp³-hybridized carbons (Fsp3) is 0.320. The summed E-state index contributed by atoms with van der Waals surface area (Å²) in [5.74, 6) is 0.291. The van der Waals surface area contributed by atoms with Crippen LogP contribution in [0.5, 0.6) is 0 Å². The molecule has 1 fully saturated rings. The number of likely N-dealkylation sites (tertiary alicyclic amines) is 1. The van der Waals surface area contributed by atoms with E-state index in [1.54, 1.807) is 6.20 Å². The Morgan fingerprint density at radius 2 is 1.94 bits per heavy atom. The molecule has 2 aromatic heterocycles. The quantitative estimate of drug-likeness (QED) is 0.625. The molecule has 3 N–H and O–H groups in total. The number of carbonyl (C=O) groups is 2. The Kier molecular flexibility index (Phi) is 6.37. The summed E-state index contributed by atoms with van der Waals surface area (Å²) >= 11 is 0. The Balaban J connectivity index is 1.53. The van der Waals surface area contributed by atoms with Crippen molar-refractivity contribution in [3.05, 3.63) is 77.2 Å². The van der Waals surface area contributed by atoms with Crippen molar-refractivity contribution in [1.29, 1.82) is 0 Å². The van der Waals surface area contributed by atoms with Gasteiger partial charge in [-0.25, -0.2) is 4.98 Å². The number of nitrogens with one attached hydrogen (secondary N) is 1. The number of amides is 2. The number of piperidine rings is 1. The van der Waals surface area contributed by atoms with Gasteiger partial charge in [0, 0.05) is 36.4 Å². The SMILES string of the molecule is Cc1cc(C(=O)Nc2ccccc2CN2CCCC(C(N)=O)C2)c(C)n1-c1ccccn1. The van der Waals surface area contributed by atoms with Gasteiger partial charge in [-0.2, -0.15) is 0 Å². The highest BCUT2D eigenvalue weighted by atomic mass is 16.2. The molecule has 7 nitrogen and oxygen atoms in total. The van der Waals surface area contributed by atoms with Crippen LogP contribution in [0.4, 0.5) is 5.69 Å². The van der Waals surface area contributed by atoms with Crippen LogP contribution in [-0.2, 0) is 11.3 Å². The lowest BCUT2D eigenvalue weighted by molar-refractivity contribution is -0.123. The number of rotatable bonds is 6. The monoisotopic (exact) mass is 431 g/mol. The molecule has 0 spiro atoms. The van der Waals surface area contributed by atoms with E-state index in [2.05, 4.69) is 15.2 Å². The minimum absolute atomic E-state index is 0.109. The zero-order valence-corrected chi connectivity index (χ0v) is 18.5. The average molecular weight is 432 g/mol. The molecule has 1 unspecified atom stereocenters. The highest BCUT2D eigenvalue weighted by Crippen LogP contribution is 2.24. The molecule has 0 aliphatic carbocycles. The van der Waals surface area contributed by atoms with Crippen LogP contribution in [0.1, 0.15) is 40.2 Å². The van der Waals surface area contributed by atoms with Gasteiger partial charge in [0.1, 0.15) is 5.82 Å². The first-order valence-electron chi connectivity index (χ1n) is 11.0. The fourth-order valence-electron chi connectivity index (χ4n) is 4.47. The summed E-state index contributed by atoms with van der Waals surface area (Å²) in [6, 6.07) is 15.4. The minimum Gasteiger partial charge on any atom is -0.369 e. The van der Waals surface area contributed by atoms with Crippen molar-refractivity contribution in [2.75, 3.05) is 18.4 Å². The third-order valence-electron chi connectivity index (χ3n) is 6.12. The molecular formula is C25H29N5O2. The summed E-state index contributed by atoms with van der Waals surface area (Å²) in [6.07, 6.45) is 3.53. The maximum Gasteiger partial charge on any atom is 0.257 e. The van der Waals surface area contributed by atoms with Crippen LogP contribution < -0.4 is 11.1 Å². The van der Waals surface area contributed by atoms with Crippen molar-refractivity contribution in [2.24, 2.45) is 11.7 Å². The van der Waals surface area contributed by atoms with Crippen LogP contribution in [0.2, 0.25) is 0 Å². The molecule has 7 heteroatoms. The Bertz CT molecular complexity index is 1120. The first-order chi connectivity index (χ1) is 15.4. The first kappa shape index (κ1) is 21.8. The number of para-hydroxylation sites is 1. The second-order valence-corrected chi connectivity index (χ2v) is 8.40. The number of pyridine rings is 1. The number of aromatic nitrogens is 2. The molecule has 166 valence electrons. The molecule has 1 aliphatic rings. The van der Waals surface area contributed by atoms with Crippen molar-refractivity contribution >= 4 is 17.5 Å². The van der Waals surface area contributed by atoms with Gasteiger partial charge in [0.05, 0.1) is 11.5 Å². The van der Waals surface area contributed by atoms with Crippen molar-refractivity contribution in [3.8, 4) is 5.82 Å². The maximum absolute atomic E-state index is 13.2. The maximum atomic E-state index is 13.2. The van der Waals surface area contributed by atoms with E-state index in [4.69, 9.17) is 5.73 Å². The van der Waals surface area contributed by atoms with Crippen molar-refractivity contribution in [3.63, 3.8) is 0 Å². The predicted molar refractivity (Wildman–Crippen MR) is 125 cm³/mol. The molecule has 3 heterocycles. The highest BCUT2D eigenvalue weighted by molar-refractivity contribution is 6.05. The summed E-state index contributed by atoms with van der Waals surface area (Å²) in [5, 5.41) is 3.09. The van der Waals surface area contributed by atoms with Gasteiger partial charge in [-0.1, -0.05) is 24.3 Å². The zero-order chi connectivity index (χ0) is 22.7. The van der Waals surface area contributed by atoms with Gasteiger partial charge < -0.3 is 15.6 Å². The van der Waals surface area contributed by atoms with E-state index in [1.807, 2.05) is 66.9 Å². The Hall–Kier alpha value is -3.45. The van der Waals surface area contributed by atoms with Gasteiger partial charge in [0.15, 0.2) is 0 Å². The molecule has 0 saturated carbocycles. The van der Waals surface area contributed by atoms with Gasteiger partial charge in [0.2, 0.25) is 5.91 Å². The van der Waals surface area contributed by atoms with Gasteiger partial charge >= 0.3 is 0 Å². The van der Waals surface area contributed by atoms with Crippen LogP contribution >= 0.6 is 0 Å². The summed E-state index contributed by atoms with van der Waals surface area (Å²) in [5.41, 5.74) is 9.73. The Morgan fingerprint density at radius 3 is 2.69 bits per heavy atom. The summed E-state index contributed by atoms with van der Waals surface area (Å²) in [4.78, 5) is 31.5. The number of aryl methyl sites for hydroxylation is 1. The molecule has 1 aliphatic heterocycles. The van der Waals surface area contributed by atoms with Gasteiger partial charge in [0.25, 0.3) is 5.91 Å². The Labute approximate surface area is 188 Å². The van der Waals surface area contributed by atoms with E-state index in [9.17, 15) is 9.59 Å². The smallest absolute Gasteiger partial charge is 0.257 e. The molecule has 3 aromatic rings. The van der Waals surface area contributed by atoms with Crippen LogP contribution in [0.3, 0.4) is 0 Å². The predicted octanol–water partition coefficient (Wildman–Crippen LogP) is 3.44. The average Bonchev–Trinajstić information content (AvgIpc) is 3.10. The van der Waals surface area contributed by atoms with Crippen LogP contribution in [0, 0.1) is 19.8 Å². The summed E-state index contributed by atoms with van der Waals surface area (Å²) in [6.45, 7) is 6.13. The Morgan fingerprint density at radius 1 is 1.16 bits per heavy atom. The van der Waals surface area contributed by atoms with E-state index in [-0.39, 0.29) is 17.7 Å². The summed E-state index contributed by atoms with van der Waals surface area (Å²) in [7, 11) is 0. The number of anilines is 1. The molecular weight excluding hydrogens is 402 g/mol. The lowest BCUT2D eigenvalue weighted by Gasteiger charge is -2.31. The highest BCUT2D eigenvalue weighted by Gasteiger charge is 2.25. The van der Waals surface area contributed by atoms with Gasteiger partial charge in [-0.15, -0.1) is 0 Å². The second kappa shape index (κ2) is 9.36. The molecule has 1 aromatic carbocycles. The number of carbonyl (C=O) groups excluding carboxylic acids is 2. The van der Waals surface area contributed by atoms with E-state index in [0.29, 0.717) is 18.7 Å². The number of benzene rings is 1. The topological polar surface area (TPSA) is 93.3 Å². The molecule has 0 radical (unpaired) electrons. The van der Waals surface area contributed by atoms with Crippen LogP contribution in [0.15, 0.2) is 54.7 Å². The molecule has 0 bridgehead atoms. The minimum atomic E-state index is -0.237. The fourth-order valence-corrected chi connectivity index (χ4v) is 4.47. The molecule has 2 amide bonds. The van der Waals surface area contributed by atoms with E-state index in [0.717, 1.165) is 47.8 Å². The third-order valence-corrected chi connectivity index (χ3v) is 6.12. The number of nitrogens with two attached hydrogens (primary N) is 1. The van der Waals surface area contributed by atoms with Crippen LogP contribution in [0.25, 0.3) is 5.82 Å². The third kappa shape index (κ3) is 4.57. The van der Waals surface area contributed by atoms with E-state index < -0.39 is 0 Å². The molecule has 32 heavy (non-hydrogen) atoms. The standard InChI is InChI=1S/C25H29N5O2/c1-17-14-21(18(2)30(17)23-11-5-6-12-27-23)25(32)28-22-10-4-3-8-19(22)15-29-13-7-9-20(16-29)24(26)31/h3-6,8,10-12,14,20H,7,9,13,15-16H2,1-2H3,(H2,26,31)(H,28,32). The summed E-state index contributed by atoms with van der Waals surface area (Å²) < 4.78 is 1.98. The van der Waals surface area contributed by atoms with Crippen molar-refractivity contribution in [1.82, 2.24) is 14.5 Å².